The molecule has 9 nitrogen and oxygen atoms in total. The van der Waals surface area contributed by atoms with E-state index in [-0.39, 0.29) is 12.1 Å². The molecular weight excluding hydrogens is 434 g/mol. The quantitative estimate of drug-likeness (QED) is 0.352. The van der Waals surface area contributed by atoms with Crippen molar-refractivity contribution in [1.82, 2.24) is 29.8 Å². The van der Waals surface area contributed by atoms with E-state index < -0.39 is 5.91 Å². The summed E-state index contributed by atoms with van der Waals surface area (Å²) in [6, 6.07) is 5.89. The third-order valence-electron chi connectivity index (χ3n) is 4.82. The molecule has 1 amide bonds. The Balaban J connectivity index is 1.67. The van der Waals surface area contributed by atoms with E-state index in [1.807, 2.05) is 39.0 Å². The molecule has 0 spiro atoms. The Morgan fingerprint density at radius 3 is 2.74 bits per heavy atom. The Hall–Kier alpha value is -3.05. The summed E-state index contributed by atoms with van der Waals surface area (Å²) in [5.41, 5.74) is 3.67. The van der Waals surface area contributed by atoms with Gasteiger partial charge in [-0.2, -0.15) is 10.2 Å². The third-order valence-corrected chi connectivity index (χ3v) is 6.67. The van der Waals surface area contributed by atoms with Gasteiger partial charge >= 0.3 is 0 Å². The number of hydrogen-bond donors (Lipinski definition) is 1. The Bertz CT molecular complexity index is 1340. The number of hydrogen-bond acceptors (Lipinski definition) is 8. The fraction of sp³-hybridized carbons (Fsp3) is 0.300. The monoisotopic (exact) mass is 455 g/mol. The van der Waals surface area contributed by atoms with Crippen molar-refractivity contribution in [3.63, 3.8) is 0 Å². The number of nitrogens with one attached hydrogen (secondary N) is 1. The van der Waals surface area contributed by atoms with Crippen LogP contribution in [0.15, 0.2) is 33.5 Å². The summed E-state index contributed by atoms with van der Waals surface area (Å²) in [6.07, 6.45) is 1.63. The highest BCUT2D eigenvalue weighted by Crippen LogP contribution is 2.25. The highest BCUT2D eigenvalue weighted by molar-refractivity contribution is 8.01. The Morgan fingerprint density at radius 1 is 1.19 bits per heavy atom. The molecule has 3 heterocycles. The molecule has 0 fully saturated rings. The lowest BCUT2D eigenvalue weighted by Crippen LogP contribution is -2.31. The van der Waals surface area contributed by atoms with Crippen LogP contribution in [0.1, 0.15) is 23.7 Å². The lowest BCUT2D eigenvalue weighted by Gasteiger charge is -2.09. The van der Waals surface area contributed by atoms with Crippen LogP contribution in [0.25, 0.3) is 16.6 Å². The van der Waals surface area contributed by atoms with Crippen LogP contribution in [0.3, 0.4) is 0 Å². The fourth-order valence-electron chi connectivity index (χ4n) is 3.12. The third kappa shape index (κ3) is 4.23. The average Bonchev–Trinajstić information content (AvgIpc) is 3.36. The van der Waals surface area contributed by atoms with Gasteiger partial charge in [0.15, 0.2) is 4.34 Å². The standard InChI is InChI=1S/C20H21N7O2S2/c1-5-30-20-24-23-19(31-20)22-16(28)10-26-18(29)17-15(13(4)25-26)9-21-27(17)14-7-6-11(2)12(3)8-14/h6-9H,5,10H2,1-4H3,(H,22,23,28). The van der Waals surface area contributed by atoms with Crippen LogP contribution in [0.4, 0.5) is 5.13 Å². The molecule has 31 heavy (non-hydrogen) atoms. The van der Waals surface area contributed by atoms with Crippen molar-refractivity contribution in [2.45, 2.75) is 38.6 Å². The first kappa shape index (κ1) is 21.2. The summed E-state index contributed by atoms with van der Waals surface area (Å²) in [5, 5.41) is 20.4. The van der Waals surface area contributed by atoms with Crippen LogP contribution < -0.4 is 10.9 Å². The summed E-state index contributed by atoms with van der Waals surface area (Å²) in [7, 11) is 0. The molecule has 0 radical (unpaired) electrons. The largest absolute Gasteiger partial charge is 0.299 e. The molecule has 3 aromatic heterocycles. The topological polar surface area (TPSA) is 108 Å². The van der Waals surface area contributed by atoms with Crippen molar-refractivity contribution >= 4 is 45.0 Å². The van der Waals surface area contributed by atoms with Crippen LogP contribution in [-0.4, -0.2) is 41.4 Å². The van der Waals surface area contributed by atoms with E-state index in [0.717, 1.165) is 31.6 Å². The van der Waals surface area contributed by atoms with Gasteiger partial charge in [0, 0.05) is 5.39 Å². The van der Waals surface area contributed by atoms with Gasteiger partial charge in [-0.3, -0.25) is 14.9 Å². The van der Waals surface area contributed by atoms with Crippen LogP contribution in [0.5, 0.6) is 0 Å². The Morgan fingerprint density at radius 2 is 2.00 bits per heavy atom. The summed E-state index contributed by atoms with van der Waals surface area (Å²) < 4.78 is 3.55. The number of fused-ring (bicyclic) bond motifs is 1. The second-order valence-electron chi connectivity index (χ2n) is 6.99. The number of carbonyl (C=O) groups is 1. The molecule has 4 rings (SSSR count). The second kappa shape index (κ2) is 8.60. The Labute approximate surface area is 186 Å². The molecule has 0 aliphatic carbocycles. The molecule has 0 saturated carbocycles. The van der Waals surface area contributed by atoms with Gasteiger partial charge in [0.25, 0.3) is 5.56 Å². The van der Waals surface area contributed by atoms with Gasteiger partial charge < -0.3 is 0 Å². The van der Waals surface area contributed by atoms with Crippen LogP contribution in [-0.2, 0) is 11.3 Å². The number of aromatic nitrogens is 6. The number of rotatable bonds is 6. The van der Waals surface area contributed by atoms with Gasteiger partial charge in [-0.05, 0) is 49.8 Å². The zero-order valence-corrected chi connectivity index (χ0v) is 19.2. The first-order valence-electron chi connectivity index (χ1n) is 9.66. The molecule has 0 atom stereocenters. The maximum Gasteiger partial charge on any atom is 0.293 e. The number of amides is 1. The molecule has 0 saturated heterocycles. The molecule has 1 N–H and O–H groups in total. The normalized spacial score (nSPS) is 11.2. The molecular formula is C20H21N7O2S2. The molecule has 11 heteroatoms. The minimum atomic E-state index is -0.394. The highest BCUT2D eigenvalue weighted by Gasteiger charge is 2.17. The predicted octanol–water partition coefficient (Wildman–Crippen LogP) is 3.11. The lowest BCUT2D eigenvalue weighted by molar-refractivity contribution is -0.117. The van der Waals surface area contributed by atoms with E-state index in [1.54, 1.807) is 29.6 Å². The molecule has 4 aromatic rings. The van der Waals surface area contributed by atoms with Gasteiger partial charge in [-0.25, -0.2) is 9.36 Å². The number of thioether (sulfide) groups is 1. The van der Waals surface area contributed by atoms with Gasteiger partial charge in [-0.15, -0.1) is 10.2 Å². The zero-order valence-electron chi connectivity index (χ0n) is 17.5. The molecule has 0 unspecified atom stereocenters. The van der Waals surface area contributed by atoms with Gasteiger partial charge in [0.2, 0.25) is 11.0 Å². The van der Waals surface area contributed by atoms with E-state index in [2.05, 4.69) is 25.7 Å². The smallest absolute Gasteiger partial charge is 0.293 e. The van der Waals surface area contributed by atoms with E-state index >= 15 is 0 Å². The van der Waals surface area contributed by atoms with Crippen LogP contribution in [0.2, 0.25) is 0 Å². The summed E-state index contributed by atoms with van der Waals surface area (Å²) >= 11 is 2.85. The average molecular weight is 456 g/mol. The molecule has 0 bridgehead atoms. The first-order chi connectivity index (χ1) is 14.9. The van der Waals surface area contributed by atoms with Crippen molar-refractivity contribution in [3.05, 3.63) is 51.6 Å². The summed E-state index contributed by atoms with van der Waals surface area (Å²) in [6.45, 7) is 7.62. The molecule has 160 valence electrons. The number of benzene rings is 1. The molecule has 1 aromatic carbocycles. The van der Waals surface area contributed by atoms with E-state index in [9.17, 15) is 9.59 Å². The van der Waals surface area contributed by atoms with Crippen LogP contribution in [0, 0.1) is 20.8 Å². The SMILES string of the molecule is CCSc1nnc(NC(=O)Cn2nc(C)c3cnn(-c4ccc(C)c(C)c4)c3c2=O)s1. The van der Waals surface area contributed by atoms with Gasteiger partial charge in [0.05, 0.1) is 17.6 Å². The molecule has 0 aliphatic rings. The van der Waals surface area contributed by atoms with Crippen molar-refractivity contribution < 1.29 is 4.79 Å². The first-order valence-corrected chi connectivity index (χ1v) is 11.5. The predicted molar refractivity (Wildman–Crippen MR) is 122 cm³/mol. The minimum absolute atomic E-state index is 0.233. The van der Waals surface area contributed by atoms with E-state index in [0.29, 0.717) is 21.7 Å². The summed E-state index contributed by atoms with van der Waals surface area (Å²) in [5.74, 6) is 0.477. The van der Waals surface area contributed by atoms with Crippen molar-refractivity contribution in [2.75, 3.05) is 11.1 Å². The number of carbonyl (C=O) groups excluding carboxylic acids is 1. The Kier molecular flexibility index (Phi) is 5.88. The number of nitrogens with zero attached hydrogens (tertiary/aromatic N) is 6. The van der Waals surface area contributed by atoms with Crippen molar-refractivity contribution in [2.24, 2.45) is 0 Å². The van der Waals surface area contributed by atoms with Gasteiger partial charge in [-0.1, -0.05) is 36.1 Å². The highest BCUT2D eigenvalue weighted by atomic mass is 32.2. The van der Waals surface area contributed by atoms with E-state index in [4.69, 9.17) is 0 Å². The number of anilines is 1. The maximum absolute atomic E-state index is 13.2. The van der Waals surface area contributed by atoms with E-state index in [1.165, 1.54) is 11.3 Å². The summed E-state index contributed by atoms with van der Waals surface area (Å²) in [4.78, 5) is 25.7. The van der Waals surface area contributed by atoms with Gasteiger partial charge in [0.1, 0.15) is 12.1 Å². The maximum atomic E-state index is 13.2. The molecule has 0 aliphatic heterocycles. The lowest BCUT2D eigenvalue weighted by atomic mass is 10.1. The zero-order chi connectivity index (χ0) is 22.1. The van der Waals surface area contributed by atoms with Crippen molar-refractivity contribution in [1.29, 1.82) is 0 Å². The minimum Gasteiger partial charge on any atom is -0.299 e. The van der Waals surface area contributed by atoms with Crippen molar-refractivity contribution in [3.8, 4) is 5.69 Å². The second-order valence-corrected chi connectivity index (χ2v) is 9.48. The number of aryl methyl sites for hydroxylation is 3. The fourth-order valence-corrected chi connectivity index (χ4v) is 4.78. The van der Waals surface area contributed by atoms with Crippen LogP contribution >= 0.6 is 23.1 Å².